The van der Waals surface area contributed by atoms with Gasteiger partial charge in [0.15, 0.2) is 0 Å². The number of nitrogens with one attached hydrogen (secondary N) is 2. The minimum atomic E-state index is -5.18. The van der Waals surface area contributed by atoms with Gasteiger partial charge in [-0.1, -0.05) is 12.1 Å². The van der Waals surface area contributed by atoms with Crippen LogP contribution < -0.4 is 10.0 Å². The molecule has 3 aromatic carbocycles. The number of sulfonamides is 1. The maximum Gasteiger partial charge on any atom is 0.416 e. The van der Waals surface area contributed by atoms with E-state index in [1.165, 1.54) is 30.3 Å². The number of anilines is 2. The van der Waals surface area contributed by atoms with Crippen LogP contribution in [0.1, 0.15) is 31.8 Å². The number of benzene rings is 3. The first-order valence-corrected chi connectivity index (χ1v) is 11.5. The Hall–Kier alpha value is -4.07. The molecule has 3 rings (SSSR count). The summed E-state index contributed by atoms with van der Waals surface area (Å²) in [6.07, 6.45) is -10.4. The van der Waals surface area contributed by atoms with Gasteiger partial charge >= 0.3 is 18.3 Å². The van der Waals surface area contributed by atoms with Gasteiger partial charge in [0.05, 0.1) is 34.4 Å². The lowest BCUT2D eigenvalue weighted by Gasteiger charge is -2.15. The molecule has 14 heteroatoms. The van der Waals surface area contributed by atoms with E-state index in [0.717, 1.165) is 25.3 Å². The normalized spacial score (nSPS) is 12.1. The molecule has 0 saturated heterocycles. The molecule has 37 heavy (non-hydrogen) atoms. The molecule has 0 heterocycles. The monoisotopic (exact) mass is 546 g/mol. The summed E-state index contributed by atoms with van der Waals surface area (Å²) in [7, 11) is -3.55. The third-order valence-corrected chi connectivity index (χ3v) is 6.17. The van der Waals surface area contributed by atoms with Gasteiger partial charge < -0.3 is 10.1 Å². The van der Waals surface area contributed by atoms with Crippen molar-refractivity contribution >= 4 is 33.3 Å². The summed E-state index contributed by atoms with van der Waals surface area (Å²) in [4.78, 5) is 23.7. The van der Waals surface area contributed by atoms with Crippen LogP contribution in [0.25, 0.3) is 0 Å². The highest BCUT2D eigenvalue weighted by Gasteiger charge is 2.37. The zero-order valence-electron chi connectivity index (χ0n) is 18.6. The van der Waals surface area contributed by atoms with Crippen LogP contribution in [0.4, 0.5) is 37.7 Å². The molecule has 0 aromatic heterocycles. The highest BCUT2D eigenvalue weighted by Crippen LogP contribution is 2.38. The van der Waals surface area contributed by atoms with Crippen molar-refractivity contribution in [2.45, 2.75) is 17.2 Å². The van der Waals surface area contributed by atoms with E-state index < -0.39 is 56.0 Å². The number of alkyl halides is 6. The number of carbonyl (C=O) groups excluding carboxylic acids is 2. The SMILES string of the molecule is COC(=O)c1cccc(NC(=O)c2cccc(S(=O)(=O)Nc3cc(C(F)(F)F)cc(C(F)(F)F)c3)c2)c1. The minimum absolute atomic E-state index is 0.125. The standard InChI is InChI=1S/C23H16F6N2O5S/c1-36-21(33)14-5-2-6-17(8-14)30-20(32)13-4-3-7-19(9-13)37(34,35)31-18-11-15(22(24,25)26)10-16(12-18)23(27,28)29/h2-12,31H,1H3,(H,30,32). The lowest BCUT2D eigenvalue weighted by Crippen LogP contribution is -2.17. The van der Waals surface area contributed by atoms with Crippen LogP contribution in [0, 0.1) is 0 Å². The summed E-state index contributed by atoms with van der Waals surface area (Å²) >= 11 is 0. The number of hydrogen-bond donors (Lipinski definition) is 2. The van der Waals surface area contributed by atoms with E-state index in [4.69, 9.17) is 0 Å². The first kappa shape index (κ1) is 27.5. The molecule has 0 radical (unpaired) electrons. The Morgan fingerprint density at radius 3 is 1.89 bits per heavy atom. The van der Waals surface area contributed by atoms with Crippen molar-refractivity contribution in [3.63, 3.8) is 0 Å². The van der Waals surface area contributed by atoms with E-state index in [0.29, 0.717) is 0 Å². The van der Waals surface area contributed by atoms with Crippen LogP contribution in [0.5, 0.6) is 0 Å². The van der Waals surface area contributed by atoms with Gasteiger partial charge in [-0.2, -0.15) is 26.3 Å². The van der Waals surface area contributed by atoms with E-state index in [2.05, 4.69) is 10.1 Å². The minimum Gasteiger partial charge on any atom is -0.465 e. The van der Waals surface area contributed by atoms with Gasteiger partial charge in [-0.05, 0) is 54.6 Å². The molecule has 0 aliphatic heterocycles. The zero-order chi connectivity index (χ0) is 27.6. The highest BCUT2D eigenvalue weighted by atomic mass is 32.2. The second-order valence-corrected chi connectivity index (χ2v) is 9.14. The van der Waals surface area contributed by atoms with Crippen LogP contribution in [0.2, 0.25) is 0 Å². The Bertz CT molecular complexity index is 1420. The zero-order valence-corrected chi connectivity index (χ0v) is 19.4. The smallest absolute Gasteiger partial charge is 0.416 e. The average molecular weight is 546 g/mol. The highest BCUT2D eigenvalue weighted by molar-refractivity contribution is 7.92. The number of esters is 1. The van der Waals surface area contributed by atoms with Gasteiger partial charge in [-0.15, -0.1) is 0 Å². The summed E-state index contributed by atoms with van der Waals surface area (Å²) < 4.78 is 110. The molecule has 0 fully saturated rings. The van der Waals surface area contributed by atoms with E-state index in [1.54, 1.807) is 4.72 Å². The number of carbonyl (C=O) groups is 2. The molecular formula is C23H16F6N2O5S. The van der Waals surface area contributed by atoms with Gasteiger partial charge in [0.2, 0.25) is 0 Å². The largest absolute Gasteiger partial charge is 0.465 e. The van der Waals surface area contributed by atoms with Crippen molar-refractivity contribution in [2.24, 2.45) is 0 Å². The lowest BCUT2D eigenvalue weighted by molar-refractivity contribution is -0.143. The fraction of sp³-hybridized carbons (Fsp3) is 0.130. The number of hydrogen-bond acceptors (Lipinski definition) is 5. The molecule has 2 N–H and O–H groups in total. The summed E-state index contributed by atoms with van der Waals surface area (Å²) in [5.41, 5.74) is -4.30. The number of rotatable bonds is 6. The number of halogens is 6. The second-order valence-electron chi connectivity index (χ2n) is 7.45. The van der Waals surface area contributed by atoms with Gasteiger partial charge in [0, 0.05) is 11.3 Å². The molecule has 7 nitrogen and oxygen atoms in total. The maximum absolute atomic E-state index is 13.1. The molecular weight excluding hydrogens is 530 g/mol. The molecule has 0 aliphatic carbocycles. The van der Waals surface area contributed by atoms with E-state index in [-0.39, 0.29) is 35.0 Å². The Morgan fingerprint density at radius 2 is 1.32 bits per heavy atom. The Kier molecular flexibility index (Phi) is 7.53. The molecule has 0 spiro atoms. The molecule has 0 atom stereocenters. The number of amides is 1. The number of ether oxygens (including phenoxy) is 1. The van der Waals surface area contributed by atoms with Gasteiger partial charge in [-0.25, -0.2) is 13.2 Å². The molecule has 1 amide bonds. The third-order valence-electron chi connectivity index (χ3n) is 4.79. The Labute approximate surface area is 206 Å². The fourth-order valence-electron chi connectivity index (χ4n) is 3.08. The summed E-state index contributed by atoms with van der Waals surface area (Å²) in [5.74, 6) is -1.48. The summed E-state index contributed by atoms with van der Waals surface area (Å²) in [6, 6.07) is 10.2. The quantitative estimate of drug-likeness (QED) is 0.311. The van der Waals surface area contributed by atoms with E-state index in [9.17, 15) is 44.3 Å². The average Bonchev–Trinajstić information content (AvgIpc) is 2.82. The first-order valence-electron chi connectivity index (χ1n) is 10.0. The molecule has 196 valence electrons. The summed E-state index contributed by atoms with van der Waals surface area (Å²) in [5, 5.41) is 2.44. The third kappa shape index (κ3) is 6.78. The number of methoxy groups -OCH3 is 1. The van der Waals surface area contributed by atoms with Gasteiger partial charge in [0.25, 0.3) is 15.9 Å². The van der Waals surface area contributed by atoms with Gasteiger partial charge in [0.1, 0.15) is 0 Å². The molecule has 3 aromatic rings. The van der Waals surface area contributed by atoms with E-state index >= 15 is 0 Å². The van der Waals surface area contributed by atoms with Crippen molar-refractivity contribution in [1.29, 1.82) is 0 Å². The molecule has 0 bridgehead atoms. The van der Waals surface area contributed by atoms with E-state index in [1.807, 2.05) is 0 Å². The Balaban J connectivity index is 1.90. The van der Waals surface area contributed by atoms with Crippen LogP contribution in [0.3, 0.4) is 0 Å². The van der Waals surface area contributed by atoms with Crippen LogP contribution >= 0.6 is 0 Å². The lowest BCUT2D eigenvalue weighted by atomic mass is 10.1. The maximum atomic E-state index is 13.1. The van der Waals surface area contributed by atoms with Crippen molar-refractivity contribution in [1.82, 2.24) is 0 Å². The summed E-state index contributed by atoms with van der Waals surface area (Å²) in [6.45, 7) is 0. The van der Waals surface area contributed by atoms with Crippen LogP contribution in [-0.4, -0.2) is 27.4 Å². The van der Waals surface area contributed by atoms with Crippen molar-refractivity contribution in [2.75, 3.05) is 17.1 Å². The Morgan fingerprint density at radius 1 is 0.757 bits per heavy atom. The molecule has 0 aliphatic rings. The van der Waals surface area contributed by atoms with Crippen molar-refractivity contribution < 1.29 is 49.1 Å². The predicted molar refractivity (Wildman–Crippen MR) is 119 cm³/mol. The predicted octanol–water partition coefficient (Wildman–Crippen LogP) is 5.56. The van der Waals surface area contributed by atoms with Crippen LogP contribution in [-0.2, 0) is 27.1 Å². The van der Waals surface area contributed by atoms with Crippen LogP contribution in [0.15, 0.2) is 71.6 Å². The van der Waals surface area contributed by atoms with Crippen molar-refractivity contribution in [3.8, 4) is 0 Å². The fourth-order valence-corrected chi connectivity index (χ4v) is 4.16. The van der Waals surface area contributed by atoms with Gasteiger partial charge in [-0.3, -0.25) is 9.52 Å². The second kappa shape index (κ2) is 10.1. The first-order chi connectivity index (χ1) is 17.1. The molecule has 0 saturated carbocycles. The van der Waals surface area contributed by atoms with Crippen molar-refractivity contribution in [3.05, 3.63) is 89.0 Å². The topological polar surface area (TPSA) is 102 Å². The molecule has 0 unspecified atom stereocenters.